The molecule has 2 atom stereocenters. The highest BCUT2D eigenvalue weighted by molar-refractivity contribution is 5.83. The molecule has 1 amide bonds. The van der Waals surface area contributed by atoms with Crippen molar-refractivity contribution >= 4 is 5.91 Å². The van der Waals surface area contributed by atoms with Crippen LogP contribution in [0.15, 0.2) is 30.3 Å². The third-order valence-corrected chi connectivity index (χ3v) is 3.02. The number of carbonyl (C=O) groups is 1. The fraction of sp³-hybridized carbons (Fsp3) is 0.533. The number of hydrogen-bond acceptors (Lipinski definition) is 2. The molecule has 0 fully saturated rings. The molecular weight excluding hydrogens is 226 g/mol. The van der Waals surface area contributed by atoms with Gasteiger partial charge in [-0.1, -0.05) is 37.3 Å². The summed E-state index contributed by atoms with van der Waals surface area (Å²) >= 11 is 0. The fourth-order valence-electron chi connectivity index (χ4n) is 1.99. The highest BCUT2D eigenvalue weighted by Gasteiger charge is 2.17. The van der Waals surface area contributed by atoms with E-state index in [-0.39, 0.29) is 17.9 Å². The number of rotatable bonds is 7. The molecule has 0 bridgehead atoms. The van der Waals surface area contributed by atoms with E-state index in [1.54, 1.807) is 6.92 Å². The van der Waals surface area contributed by atoms with E-state index in [1.165, 1.54) is 0 Å². The van der Waals surface area contributed by atoms with Crippen LogP contribution in [0.1, 0.15) is 44.6 Å². The molecule has 100 valence electrons. The Labute approximate surface area is 109 Å². The van der Waals surface area contributed by atoms with Gasteiger partial charge in [0.2, 0.25) is 5.91 Å². The third kappa shape index (κ3) is 4.88. The number of amides is 1. The van der Waals surface area contributed by atoms with E-state index < -0.39 is 0 Å². The Morgan fingerprint density at radius 3 is 2.56 bits per heavy atom. The van der Waals surface area contributed by atoms with Gasteiger partial charge in [-0.2, -0.15) is 0 Å². The molecule has 0 aliphatic heterocycles. The Morgan fingerprint density at radius 2 is 2.00 bits per heavy atom. The molecule has 0 radical (unpaired) electrons. The van der Waals surface area contributed by atoms with E-state index in [9.17, 15) is 4.79 Å². The van der Waals surface area contributed by atoms with Crippen LogP contribution in [0.3, 0.4) is 0 Å². The van der Waals surface area contributed by atoms with Crippen LogP contribution in [0.2, 0.25) is 0 Å². The second-order valence-corrected chi connectivity index (χ2v) is 4.65. The quantitative estimate of drug-likeness (QED) is 0.729. The summed E-state index contributed by atoms with van der Waals surface area (Å²) in [6.45, 7) is 4.42. The van der Waals surface area contributed by atoms with E-state index in [1.807, 2.05) is 37.3 Å². The molecule has 1 aromatic rings. The molecule has 0 aromatic heterocycles. The Balaban J connectivity index is 2.43. The van der Waals surface area contributed by atoms with Crippen molar-refractivity contribution in [3.63, 3.8) is 0 Å². The molecule has 3 heteroatoms. The second-order valence-electron chi connectivity index (χ2n) is 4.65. The molecule has 0 aliphatic rings. The summed E-state index contributed by atoms with van der Waals surface area (Å²) in [5, 5.41) is 12.1. The standard InChI is InChI=1S/C15H23NO2/c1-3-14(13-9-5-4-6-10-13)15(18)16-11-7-8-12(2)17/h4-6,9-10,12,14,17H,3,7-8,11H2,1-2H3,(H,16,18). The Hall–Kier alpha value is -1.35. The summed E-state index contributed by atoms with van der Waals surface area (Å²) in [7, 11) is 0. The molecule has 0 spiro atoms. The fourth-order valence-corrected chi connectivity index (χ4v) is 1.99. The van der Waals surface area contributed by atoms with Gasteiger partial charge in [0.1, 0.15) is 0 Å². The average molecular weight is 249 g/mol. The smallest absolute Gasteiger partial charge is 0.227 e. The second kappa shape index (κ2) is 7.88. The minimum Gasteiger partial charge on any atom is -0.393 e. The van der Waals surface area contributed by atoms with Crippen LogP contribution in [-0.2, 0) is 4.79 Å². The van der Waals surface area contributed by atoms with E-state index in [0.29, 0.717) is 6.54 Å². The van der Waals surface area contributed by atoms with E-state index in [0.717, 1.165) is 24.8 Å². The van der Waals surface area contributed by atoms with Crippen molar-refractivity contribution in [2.24, 2.45) is 0 Å². The first-order valence-corrected chi connectivity index (χ1v) is 6.65. The summed E-state index contributed by atoms with van der Waals surface area (Å²) in [6, 6.07) is 9.85. The van der Waals surface area contributed by atoms with Gasteiger partial charge in [-0.15, -0.1) is 0 Å². The van der Waals surface area contributed by atoms with Crippen LogP contribution in [0, 0.1) is 0 Å². The highest BCUT2D eigenvalue weighted by Crippen LogP contribution is 2.19. The predicted octanol–water partition coefficient (Wildman–Crippen LogP) is 2.46. The molecule has 2 unspecified atom stereocenters. The van der Waals surface area contributed by atoms with Crippen molar-refractivity contribution in [2.75, 3.05) is 6.54 Å². The van der Waals surface area contributed by atoms with Crippen LogP contribution in [0.4, 0.5) is 0 Å². The lowest BCUT2D eigenvalue weighted by Gasteiger charge is -2.15. The van der Waals surface area contributed by atoms with Gasteiger partial charge in [0, 0.05) is 6.54 Å². The third-order valence-electron chi connectivity index (χ3n) is 3.02. The normalized spacial score (nSPS) is 13.9. The lowest BCUT2D eigenvalue weighted by Crippen LogP contribution is -2.30. The summed E-state index contributed by atoms with van der Waals surface area (Å²) in [5.41, 5.74) is 1.06. The van der Waals surface area contributed by atoms with Crippen molar-refractivity contribution < 1.29 is 9.90 Å². The van der Waals surface area contributed by atoms with E-state index in [4.69, 9.17) is 5.11 Å². The van der Waals surface area contributed by atoms with Gasteiger partial charge in [0.05, 0.1) is 12.0 Å². The minimum atomic E-state index is -0.294. The van der Waals surface area contributed by atoms with Crippen molar-refractivity contribution in [3.05, 3.63) is 35.9 Å². The monoisotopic (exact) mass is 249 g/mol. The van der Waals surface area contributed by atoms with Gasteiger partial charge in [-0.3, -0.25) is 4.79 Å². The van der Waals surface area contributed by atoms with Crippen LogP contribution in [0.5, 0.6) is 0 Å². The van der Waals surface area contributed by atoms with Crippen LogP contribution >= 0.6 is 0 Å². The summed E-state index contributed by atoms with van der Waals surface area (Å²) < 4.78 is 0. The molecule has 18 heavy (non-hydrogen) atoms. The van der Waals surface area contributed by atoms with Gasteiger partial charge < -0.3 is 10.4 Å². The van der Waals surface area contributed by atoms with E-state index in [2.05, 4.69) is 5.32 Å². The number of aliphatic hydroxyl groups is 1. The number of nitrogens with one attached hydrogen (secondary N) is 1. The average Bonchev–Trinajstić information content (AvgIpc) is 2.36. The van der Waals surface area contributed by atoms with Crippen LogP contribution in [-0.4, -0.2) is 23.7 Å². The Bertz CT molecular complexity index is 349. The summed E-state index contributed by atoms with van der Waals surface area (Å²) in [5.74, 6) is 0.00652. The lowest BCUT2D eigenvalue weighted by molar-refractivity contribution is -0.122. The predicted molar refractivity (Wildman–Crippen MR) is 73.4 cm³/mol. The summed E-state index contributed by atoms with van der Waals surface area (Å²) in [6.07, 6.45) is 2.04. The van der Waals surface area contributed by atoms with Crippen molar-refractivity contribution in [1.82, 2.24) is 5.32 Å². The molecule has 3 nitrogen and oxygen atoms in total. The molecule has 1 aromatic carbocycles. The number of hydrogen-bond donors (Lipinski definition) is 2. The van der Waals surface area contributed by atoms with Gasteiger partial charge in [-0.25, -0.2) is 0 Å². The molecule has 1 rings (SSSR count). The SMILES string of the molecule is CCC(C(=O)NCCCC(C)O)c1ccccc1. The Kier molecular flexibility index (Phi) is 6.44. The van der Waals surface area contributed by atoms with Gasteiger partial charge in [0.15, 0.2) is 0 Å². The zero-order chi connectivity index (χ0) is 13.4. The van der Waals surface area contributed by atoms with Crippen LogP contribution in [0.25, 0.3) is 0 Å². The minimum absolute atomic E-state index is 0.0715. The maximum Gasteiger partial charge on any atom is 0.227 e. The maximum absolute atomic E-state index is 12.0. The van der Waals surface area contributed by atoms with E-state index >= 15 is 0 Å². The lowest BCUT2D eigenvalue weighted by atomic mass is 9.95. The molecular formula is C15H23NO2. The highest BCUT2D eigenvalue weighted by atomic mass is 16.3. The van der Waals surface area contributed by atoms with Crippen molar-refractivity contribution in [2.45, 2.75) is 45.1 Å². The number of benzene rings is 1. The zero-order valence-corrected chi connectivity index (χ0v) is 11.2. The molecule has 0 heterocycles. The molecule has 0 aliphatic carbocycles. The largest absolute Gasteiger partial charge is 0.393 e. The van der Waals surface area contributed by atoms with Crippen molar-refractivity contribution in [3.8, 4) is 0 Å². The zero-order valence-electron chi connectivity index (χ0n) is 11.2. The molecule has 0 saturated carbocycles. The first-order valence-electron chi connectivity index (χ1n) is 6.65. The first-order chi connectivity index (χ1) is 8.65. The van der Waals surface area contributed by atoms with Crippen LogP contribution < -0.4 is 5.32 Å². The number of aliphatic hydroxyl groups excluding tert-OH is 1. The molecule has 2 N–H and O–H groups in total. The van der Waals surface area contributed by atoms with Crippen molar-refractivity contribution in [1.29, 1.82) is 0 Å². The van der Waals surface area contributed by atoms with Gasteiger partial charge in [-0.05, 0) is 31.7 Å². The maximum atomic E-state index is 12.0. The Morgan fingerprint density at radius 1 is 1.33 bits per heavy atom. The summed E-state index contributed by atoms with van der Waals surface area (Å²) in [4.78, 5) is 12.0. The van der Waals surface area contributed by atoms with Gasteiger partial charge >= 0.3 is 0 Å². The molecule has 0 saturated heterocycles. The van der Waals surface area contributed by atoms with Gasteiger partial charge in [0.25, 0.3) is 0 Å². The number of carbonyl (C=O) groups excluding carboxylic acids is 1. The topological polar surface area (TPSA) is 49.3 Å². The first kappa shape index (κ1) is 14.7.